The van der Waals surface area contributed by atoms with Crippen molar-refractivity contribution in [2.75, 3.05) is 40.9 Å². The van der Waals surface area contributed by atoms with Crippen LogP contribution < -0.4 is 5.32 Å². The van der Waals surface area contributed by atoms with Crippen molar-refractivity contribution < 1.29 is 32.9 Å². The first-order valence-corrected chi connectivity index (χ1v) is 15.9. The molecule has 0 aliphatic heterocycles. The van der Waals surface area contributed by atoms with Crippen LogP contribution in [0, 0.1) is 0 Å². The van der Waals surface area contributed by atoms with Gasteiger partial charge in [0.25, 0.3) is 0 Å². The van der Waals surface area contributed by atoms with Crippen molar-refractivity contribution >= 4 is 13.7 Å². The average molecular weight is 538 g/mol. The number of likely N-dealkylation sites (N-methyl/N-ethyl adjacent to an activating group) is 1. The zero-order valence-corrected chi connectivity index (χ0v) is 24.9. The summed E-state index contributed by atoms with van der Waals surface area (Å²) in [7, 11) is 1.61. The van der Waals surface area contributed by atoms with E-state index >= 15 is 0 Å². The first-order valence-electron chi connectivity index (χ1n) is 14.4. The standard InChI is InChI=1S/C27H57N2O6P/c1-6-8-10-11-12-13-14-15-16-17-19-21-27(31)28-25(26(30)20-18-9-7-2)24-35-36(32,33)34-23-22-29(3,4)5/h25-26,30H,6-24H2,1-5H3,(H-,28,31,32,33)/p+1. The van der Waals surface area contributed by atoms with E-state index in [9.17, 15) is 19.4 Å². The number of unbranched alkanes of at least 4 members (excludes halogenated alkanes) is 12. The number of hydrogen-bond acceptors (Lipinski definition) is 5. The lowest BCUT2D eigenvalue weighted by molar-refractivity contribution is -0.870. The van der Waals surface area contributed by atoms with Crippen LogP contribution in [0.15, 0.2) is 0 Å². The predicted octanol–water partition coefficient (Wildman–Crippen LogP) is 5.95. The van der Waals surface area contributed by atoms with Gasteiger partial charge in [0.1, 0.15) is 13.2 Å². The van der Waals surface area contributed by atoms with Gasteiger partial charge in [-0.05, 0) is 12.8 Å². The van der Waals surface area contributed by atoms with Gasteiger partial charge >= 0.3 is 7.82 Å². The number of carbonyl (C=O) groups is 1. The minimum absolute atomic E-state index is 0.0756. The fourth-order valence-corrected chi connectivity index (χ4v) is 4.66. The van der Waals surface area contributed by atoms with Crippen LogP contribution in [0.2, 0.25) is 0 Å². The summed E-state index contributed by atoms with van der Waals surface area (Å²) in [5.41, 5.74) is 0. The Hall–Kier alpha value is -0.500. The topological polar surface area (TPSA) is 105 Å². The van der Waals surface area contributed by atoms with Crippen molar-refractivity contribution in [3.63, 3.8) is 0 Å². The van der Waals surface area contributed by atoms with Crippen molar-refractivity contribution in [1.29, 1.82) is 0 Å². The fourth-order valence-electron chi connectivity index (χ4n) is 3.92. The molecule has 0 saturated carbocycles. The zero-order valence-electron chi connectivity index (χ0n) is 24.0. The molecule has 3 atom stereocenters. The summed E-state index contributed by atoms with van der Waals surface area (Å²) >= 11 is 0. The largest absolute Gasteiger partial charge is 0.472 e. The molecule has 0 aliphatic rings. The number of aliphatic hydroxyl groups excluding tert-OH is 1. The summed E-state index contributed by atoms with van der Waals surface area (Å²) < 4.78 is 23.1. The Morgan fingerprint density at radius 2 is 1.33 bits per heavy atom. The zero-order chi connectivity index (χ0) is 27.3. The number of nitrogens with one attached hydrogen (secondary N) is 1. The van der Waals surface area contributed by atoms with Crippen LogP contribution in [0.1, 0.15) is 117 Å². The van der Waals surface area contributed by atoms with Gasteiger partial charge in [-0.25, -0.2) is 4.57 Å². The molecule has 0 aromatic carbocycles. The van der Waals surface area contributed by atoms with E-state index in [-0.39, 0.29) is 19.1 Å². The molecule has 3 unspecified atom stereocenters. The van der Waals surface area contributed by atoms with Gasteiger partial charge in [0.2, 0.25) is 5.91 Å². The summed E-state index contributed by atoms with van der Waals surface area (Å²) in [4.78, 5) is 22.5. The van der Waals surface area contributed by atoms with Gasteiger partial charge in [-0.2, -0.15) is 0 Å². The molecule has 0 heterocycles. The monoisotopic (exact) mass is 537 g/mol. The maximum atomic E-state index is 12.5. The number of hydrogen-bond donors (Lipinski definition) is 3. The molecule has 0 bridgehead atoms. The number of phosphoric ester groups is 1. The lowest BCUT2D eigenvalue weighted by Crippen LogP contribution is -2.46. The van der Waals surface area contributed by atoms with Crippen LogP contribution in [-0.2, 0) is 18.4 Å². The van der Waals surface area contributed by atoms with Gasteiger partial charge in [-0.15, -0.1) is 0 Å². The number of nitrogens with zero attached hydrogens (tertiary/aromatic N) is 1. The van der Waals surface area contributed by atoms with Gasteiger partial charge in [0.15, 0.2) is 0 Å². The number of quaternary nitrogens is 1. The average Bonchev–Trinajstić information content (AvgIpc) is 2.79. The number of carbonyl (C=O) groups excluding carboxylic acids is 1. The van der Waals surface area contributed by atoms with Gasteiger partial charge < -0.3 is 19.8 Å². The van der Waals surface area contributed by atoms with Crippen LogP contribution in [-0.4, -0.2) is 73.4 Å². The van der Waals surface area contributed by atoms with E-state index in [4.69, 9.17) is 9.05 Å². The molecule has 0 radical (unpaired) electrons. The third-order valence-corrected chi connectivity index (χ3v) is 7.34. The van der Waals surface area contributed by atoms with Crippen LogP contribution >= 0.6 is 7.82 Å². The van der Waals surface area contributed by atoms with Crippen molar-refractivity contribution in [3.8, 4) is 0 Å². The number of rotatable bonds is 25. The molecule has 0 saturated heterocycles. The molecule has 0 fully saturated rings. The van der Waals surface area contributed by atoms with Crippen LogP contribution in [0.3, 0.4) is 0 Å². The van der Waals surface area contributed by atoms with E-state index in [1.165, 1.54) is 51.4 Å². The van der Waals surface area contributed by atoms with Crippen molar-refractivity contribution in [1.82, 2.24) is 5.32 Å². The van der Waals surface area contributed by atoms with Crippen LogP contribution in [0.5, 0.6) is 0 Å². The molecule has 0 aliphatic carbocycles. The van der Waals surface area contributed by atoms with E-state index in [0.717, 1.165) is 38.5 Å². The molecular formula is C27H58N2O6P+. The van der Waals surface area contributed by atoms with Crippen molar-refractivity contribution in [3.05, 3.63) is 0 Å². The van der Waals surface area contributed by atoms with E-state index in [1.54, 1.807) is 0 Å². The van der Waals surface area contributed by atoms with Crippen molar-refractivity contribution in [2.24, 2.45) is 0 Å². The Morgan fingerprint density at radius 1 is 0.833 bits per heavy atom. The SMILES string of the molecule is CCCCCCCCCCCCCC(=O)NC(COP(=O)(O)OCC[N+](C)(C)C)C(O)CCCCC. The molecular weight excluding hydrogens is 479 g/mol. The third kappa shape index (κ3) is 22.7. The van der Waals surface area contributed by atoms with Crippen molar-refractivity contribution in [2.45, 2.75) is 129 Å². The summed E-state index contributed by atoms with van der Waals surface area (Å²) in [6.07, 6.45) is 16.2. The summed E-state index contributed by atoms with van der Waals surface area (Å²) in [6.45, 7) is 4.67. The van der Waals surface area contributed by atoms with Crippen LogP contribution in [0.4, 0.5) is 0 Å². The summed E-state index contributed by atoms with van der Waals surface area (Å²) in [5.74, 6) is -0.159. The molecule has 0 spiro atoms. The quantitative estimate of drug-likeness (QED) is 0.0755. The maximum absolute atomic E-state index is 12.5. The summed E-state index contributed by atoms with van der Waals surface area (Å²) in [6, 6.07) is -0.746. The molecule has 0 aromatic heterocycles. The van der Waals surface area contributed by atoms with E-state index in [0.29, 0.717) is 23.9 Å². The third-order valence-electron chi connectivity index (χ3n) is 6.36. The highest BCUT2D eigenvalue weighted by atomic mass is 31.2. The number of phosphoric acid groups is 1. The smallest absolute Gasteiger partial charge is 0.391 e. The number of amides is 1. The first-order chi connectivity index (χ1) is 17.0. The molecule has 3 N–H and O–H groups in total. The van der Waals surface area contributed by atoms with E-state index in [1.807, 2.05) is 21.1 Å². The molecule has 8 nitrogen and oxygen atoms in total. The Balaban J connectivity index is 4.37. The normalized spacial score (nSPS) is 15.4. The minimum atomic E-state index is -4.27. The molecule has 0 aromatic rings. The van der Waals surface area contributed by atoms with Crippen LogP contribution in [0.25, 0.3) is 0 Å². The summed E-state index contributed by atoms with van der Waals surface area (Å²) in [5, 5.41) is 13.4. The highest BCUT2D eigenvalue weighted by Gasteiger charge is 2.28. The van der Waals surface area contributed by atoms with E-state index < -0.39 is 20.0 Å². The first kappa shape index (κ1) is 35.5. The maximum Gasteiger partial charge on any atom is 0.472 e. The van der Waals surface area contributed by atoms with Gasteiger partial charge in [0.05, 0.1) is 39.9 Å². The fraction of sp³-hybridized carbons (Fsp3) is 0.963. The Bertz CT molecular complexity index is 585. The Labute approximate surface area is 221 Å². The highest BCUT2D eigenvalue weighted by Crippen LogP contribution is 2.43. The lowest BCUT2D eigenvalue weighted by Gasteiger charge is -2.26. The molecule has 0 rings (SSSR count). The lowest BCUT2D eigenvalue weighted by atomic mass is 10.0. The highest BCUT2D eigenvalue weighted by molar-refractivity contribution is 7.47. The Morgan fingerprint density at radius 3 is 1.86 bits per heavy atom. The molecule has 216 valence electrons. The number of aliphatic hydroxyl groups is 1. The minimum Gasteiger partial charge on any atom is -0.391 e. The van der Waals surface area contributed by atoms with Gasteiger partial charge in [0, 0.05) is 6.42 Å². The Kier molecular flexibility index (Phi) is 21.1. The molecule has 36 heavy (non-hydrogen) atoms. The second-order valence-corrected chi connectivity index (χ2v) is 12.6. The van der Waals surface area contributed by atoms with E-state index in [2.05, 4.69) is 19.2 Å². The second kappa shape index (κ2) is 21.4. The molecule has 1 amide bonds. The van der Waals surface area contributed by atoms with Gasteiger partial charge in [-0.3, -0.25) is 13.8 Å². The predicted molar refractivity (Wildman–Crippen MR) is 148 cm³/mol. The molecule has 9 heteroatoms. The van der Waals surface area contributed by atoms with Gasteiger partial charge in [-0.1, -0.05) is 97.3 Å². The second-order valence-electron chi connectivity index (χ2n) is 11.1.